The minimum atomic E-state index is -5.08. The lowest BCUT2D eigenvalue weighted by molar-refractivity contribution is -0.192. The highest BCUT2D eigenvalue weighted by atomic mass is 19.4. The lowest BCUT2D eigenvalue weighted by Crippen LogP contribution is -2.35. The van der Waals surface area contributed by atoms with Crippen LogP contribution >= 0.6 is 0 Å². The van der Waals surface area contributed by atoms with Crippen LogP contribution in [0.5, 0.6) is 0 Å². The van der Waals surface area contributed by atoms with E-state index in [1.165, 1.54) is 11.1 Å². The molecule has 0 aliphatic heterocycles. The molecule has 2 aromatic rings. The number of aliphatic carboxylic acids is 1. The normalized spacial score (nSPS) is 16.3. The predicted octanol–water partition coefficient (Wildman–Crippen LogP) is 2.87. The SMILES string of the molecule is Cc1cc(CNC2CCc3[nH]c(=O)ccc3C2)oc1C.O=C(O)C(F)(F)F. The van der Waals surface area contributed by atoms with Crippen molar-refractivity contribution in [3.63, 3.8) is 0 Å². The molecule has 1 aliphatic carbocycles. The number of aromatic nitrogens is 1. The highest BCUT2D eigenvalue weighted by Gasteiger charge is 2.38. The Bertz CT molecular complexity index is 836. The Morgan fingerprint density at radius 2 is 2.04 bits per heavy atom. The molecule has 1 aliphatic rings. The highest BCUT2D eigenvalue weighted by Crippen LogP contribution is 2.19. The third-order valence-electron chi connectivity index (χ3n) is 4.33. The number of halogens is 3. The van der Waals surface area contributed by atoms with Crippen LogP contribution in [0.4, 0.5) is 13.2 Å². The Balaban J connectivity index is 0.000000321. The number of rotatable bonds is 3. The zero-order valence-corrected chi connectivity index (χ0v) is 14.9. The van der Waals surface area contributed by atoms with E-state index >= 15 is 0 Å². The van der Waals surface area contributed by atoms with Crippen LogP contribution in [0.3, 0.4) is 0 Å². The number of pyridine rings is 1. The number of hydrogen-bond donors (Lipinski definition) is 3. The number of furan rings is 1. The first-order valence-electron chi connectivity index (χ1n) is 8.36. The molecule has 0 aromatic carbocycles. The molecule has 3 N–H and O–H groups in total. The maximum absolute atomic E-state index is 11.3. The standard InChI is InChI=1S/C16H20N2O2.C2HF3O2/c1-10-7-14(20-11(10)2)9-17-13-4-5-15-12(8-13)3-6-16(19)18-15;3-2(4,5)1(6)7/h3,6-7,13,17H,4-5,8-9H2,1-2H3,(H,18,19);(H,6,7). The second-order valence-electron chi connectivity index (χ2n) is 6.40. The van der Waals surface area contributed by atoms with Gasteiger partial charge >= 0.3 is 12.1 Å². The molecule has 148 valence electrons. The van der Waals surface area contributed by atoms with Crippen molar-refractivity contribution in [3.05, 3.63) is 56.9 Å². The molecule has 1 atom stereocenters. The number of aryl methyl sites for hydroxylation is 3. The summed E-state index contributed by atoms with van der Waals surface area (Å²) in [4.78, 5) is 23.1. The fourth-order valence-electron chi connectivity index (χ4n) is 2.80. The van der Waals surface area contributed by atoms with E-state index in [-0.39, 0.29) is 5.56 Å². The van der Waals surface area contributed by atoms with E-state index in [1.807, 2.05) is 13.0 Å². The fourth-order valence-corrected chi connectivity index (χ4v) is 2.80. The first-order chi connectivity index (χ1) is 12.6. The van der Waals surface area contributed by atoms with Crippen LogP contribution in [0.25, 0.3) is 0 Å². The van der Waals surface area contributed by atoms with Crippen LogP contribution < -0.4 is 10.9 Å². The number of H-pyrrole nitrogens is 1. The molecule has 6 nitrogen and oxygen atoms in total. The van der Waals surface area contributed by atoms with Gasteiger partial charge in [0.05, 0.1) is 6.54 Å². The number of aromatic amines is 1. The van der Waals surface area contributed by atoms with Gasteiger partial charge in [0, 0.05) is 17.8 Å². The van der Waals surface area contributed by atoms with Gasteiger partial charge in [-0.25, -0.2) is 4.79 Å². The first-order valence-corrected chi connectivity index (χ1v) is 8.36. The Morgan fingerprint density at radius 1 is 1.37 bits per heavy atom. The van der Waals surface area contributed by atoms with Crippen molar-refractivity contribution < 1.29 is 27.5 Å². The maximum Gasteiger partial charge on any atom is 0.490 e. The van der Waals surface area contributed by atoms with E-state index in [9.17, 15) is 18.0 Å². The summed E-state index contributed by atoms with van der Waals surface area (Å²) >= 11 is 0. The van der Waals surface area contributed by atoms with Crippen LogP contribution in [0.1, 0.15) is 34.8 Å². The van der Waals surface area contributed by atoms with Gasteiger partial charge in [-0.15, -0.1) is 0 Å². The van der Waals surface area contributed by atoms with Gasteiger partial charge < -0.3 is 19.8 Å². The Kier molecular flexibility index (Phi) is 6.48. The van der Waals surface area contributed by atoms with Crippen molar-refractivity contribution >= 4 is 5.97 Å². The van der Waals surface area contributed by atoms with E-state index < -0.39 is 12.1 Å². The van der Waals surface area contributed by atoms with Crippen molar-refractivity contribution in [2.24, 2.45) is 0 Å². The van der Waals surface area contributed by atoms with Crippen LogP contribution in [0, 0.1) is 13.8 Å². The van der Waals surface area contributed by atoms with Crippen molar-refractivity contribution in [2.75, 3.05) is 0 Å². The minimum absolute atomic E-state index is 0.00306. The van der Waals surface area contributed by atoms with Gasteiger partial charge in [-0.05, 0) is 50.3 Å². The van der Waals surface area contributed by atoms with Crippen molar-refractivity contribution in [2.45, 2.75) is 51.9 Å². The number of alkyl halides is 3. The van der Waals surface area contributed by atoms with Crippen molar-refractivity contribution in [1.82, 2.24) is 10.3 Å². The maximum atomic E-state index is 11.3. The van der Waals surface area contributed by atoms with Gasteiger partial charge in [0.2, 0.25) is 5.56 Å². The topological polar surface area (TPSA) is 95.3 Å². The molecule has 0 saturated heterocycles. The second-order valence-corrected chi connectivity index (χ2v) is 6.40. The van der Waals surface area contributed by atoms with Crippen molar-refractivity contribution in [3.8, 4) is 0 Å². The molecule has 2 aromatic heterocycles. The summed E-state index contributed by atoms with van der Waals surface area (Å²) in [5.41, 5.74) is 3.55. The van der Waals surface area contributed by atoms with Crippen LogP contribution in [-0.4, -0.2) is 28.3 Å². The molecule has 0 spiro atoms. The van der Waals surface area contributed by atoms with E-state index in [0.29, 0.717) is 6.04 Å². The van der Waals surface area contributed by atoms with E-state index in [4.69, 9.17) is 14.3 Å². The second kappa shape index (κ2) is 8.43. The average Bonchev–Trinajstić information content (AvgIpc) is 2.91. The number of nitrogens with one attached hydrogen (secondary N) is 2. The fraction of sp³-hybridized carbons (Fsp3) is 0.444. The Labute approximate surface area is 153 Å². The minimum Gasteiger partial charge on any atom is -0.475 e. The third-order valence-corrected chi connectivity index (χ3v) is 4.33. The van der Waals surface area contributed by atoms with Crippen molar-refractivity contribution in [1.29, 1.82) is 0 Å². The number of carbonyl (C=O) groups is 1. The zero-order valence-electron chi connectivity index (χ0n) is 14.9. The quantitative estimate of drug-likeness (QED) is 0.754. The first kappa shape index (κ1) is 20.8. The van der Waals surface area contributed by atoms with E-state index in [1.54, 1.807) is 6.07 Å². The van der Waals surface area contributed by atoms with Crippen LogP contribution in [-0.2, 0) is 24.2 Å². The molecule has 0 saturated carbocycles. The average molecular weight is 386 g/mol. The lowest BCUT2D eigenvalue weighted by atomic mass is 9.92. The lowest BCUT2D eigenvalue weighted by Gasteiger charge is -2.24. The summed E-state index contributed by atoms with van der Waals surface area (Å²) in [6.07, 6.45) is -2.14. The van der Waals surface area contributed by atoms with E-state index in [2.05, 4.69) is 23.3 Å². The molecule has 0 fully saturated rings. The molecule has 0 bridgehead atoms. The van der Waals surface area contributed by atoms with Gasteiger partial charge in [0.15, 0.2) is 0 Å². The number of carboxylic acid groups (broad SMARTS) is 1. The predicted molar refractivity (Wildman–Crippen MR) is 91.6 cm³/mol. The molecular weight excluding hydrogens is 365 g/mol. The van der Waals surface area contributed by atoms with Gasteiger partial charge in [-0.3, -0.25) is 4.79 Å². The smallest absolute Gasteiger partial charge is 0.475 e. The summed E-state index contributed by atoms with van der Waals surface area (Å²) < 4.78 is 37.4. The molecule has 27 heavy (non-hydrogen) atoms. The summed E-state index contributed by atoms with van der Waals surface area (Å²) in [5.74, 6) is -0.770. The Hall–Kier alpha value is -2.55. The van der Waals surface area contributed by atoms with Crippen LogP contribution in [0.2, 0.25) is 0 Å². The number of carboxylic acids is 1. The number of fused-ring (bicyclic) bond motifs is 1. The third kappa shape index (κ3) is 5.99. The molecule has 3 rings (SSSR count). The summed E-state index contributed by atoms with van der Waals surface area (Å²) in [6.45, 7) is 4.82. The van der Waals surface area contributed by atoms with Gasteiger partial charge in [-0.2, -0.15) is 13.2 Å². The van der Waals surface area contributed by atoms with Gasteiger partial charge in [0.25, 0.3) is 0 Å². The van der Waals surface area contributed by atoms with Gasteiger partial charge in [0.1, 0.15) is 11.5 Å². The molecule has 2 heterocycles. The number of hydrogen-bond acceptors (Lipinski definition) is 4. The molecule has 1 unspecified atom stereocenters. The van der Waals surface area contributed by atoms with Crippen LogP contribution in [0.15, 0.2) is 27.4 Å². The van der Waals surface area contributed by atoms with Gasteiger partial charge in [-0.1, -0.05) is 6.07 Å². The van der Waals surface area contributed by atoms with E-state index in [0.717, 1.165) is 43.0 Å². The highest BCUT2D eigenvalue weighted by molar-refractivity contribution is 5.73. The molecule has 9 heteroatoms. The molecular formula is C18H21F3N2O4. The molecule has 0 amide bonds. The summed E-state index contributed by atoms with van der Waals surface area (Å²) in [6, 6.07) is 6.10. The monoisotopic (exact) mass is 386 g/mol. The zero-order chi connectivity index (χ0) is 20.2. The largest absolute Gasteiger partial charge is 0.490 e. The summed E-state index contributed by atoms with van der Waals surface area (Å²) in [7, 11) is 0. The summed E-state index contributed by atoms with van der Waals surface area (Å²) in [5, 5.41) is 10.7. The Morgan fingerprint density at radius 3 is 2.59 bits per heavy atom. The molecule has 0 radical (unpaired) electrons.